The molecule has 0 saturated carbocycles. The van der Waals surface area contributed by atoms with Crippen LogP contribution in [-0.2, 0) is 6.42 Å². The van der Waals surface area contributed by atoms with Gasteiger partial charge >= 0.3 is 0 Å². The van der Waals surface area contributed by atoms with Gasteiger partial charge in [0.1, 0.15) is 5.01 Å². The molecule has 4 heteroatoms. The largest absolute Gasteiger partial charge is 0.359 e. The third-order valence-electron chi connectivity index (χ3n) is 1.78. The van der Waals surface area contributed by atoms with Crippen LogP contribution >= 0.6 is 11.3 Å². The average Bonchev–Trinajstić information content (AvgIpc) is 2.70. The summed E-state index contributed by atoms with van der Waals surface area (Å²) in [5, 5.41) is 3.09. The van der Waals surface area contributed by atoms with Crippen LogP contribution < -0.4 is 5.73 Å². The number of rotatable bonds is 3. The van der Waals surface area contributed by atoms with Gasteiger partial charge in [0.05, 0.1) is 11.4 Å². The molecule has 0 fully saturated rings. The number of hydrogen-bond donors (Lipinski definition) is 2. The molecule has 0 unspecified atom stereocenters. The van der Waals surface area contributed by atoms with Gasteiger partial charge in [0.15, 0.2) is 0 Å². The van der Waals surface area contributed by atoms with Crippen LogP contribution in [0.5, 0.6) is 0 Å². The fraction of sp³-hybridized carbons (Fsp3) is 0.222. The molecule has 0 spiro atoms. The van der Waals surface area contributed by atoms with Crippen molar-refractivity contribution in [3.8, 4) is 10.7 Å². The maximum absolute atomic E-state index is 5.45. The van der Waals surface area contributed by atoms with Gasteiger partial charge in [0.2, 0.25) is 0 Å². The molecule has 0 aliphatic carbocycles. The quantitative estimate of drug-likeness (QED) is 0.778. The van der Waals surface area contributed by atoms with E-state index in [0.29, 0.717) is 6.54 Å². The standard InChI is InChI=1S/C9H11N3S/c10-4-3-7-6-13-9(12-7)8-2-1-5-11-8/h1-2,5-6,11H,3-4,10H2. The monoisotopic (exact) mass is 193 g/mol. The van der Waals surface area contributed by atoms with E-state index in [1.165, 1.54) is 0 Å². The van der Waals surface area contributed by atoms with E-state index in [9.17, 15) is 0 Å². The van der Waals surface area contributed by atoms with Crippen molar-refractivity contribution in [2.75, 3.05) is 6.54 Å². The van der Waals surface area contributed by atoms with Crippen molar-refractivity contribution >= 4 is 11.3 Å². The van der Waals surface area contributed by atoms with E-state index in [2.05, 4.69) is 15.3 Å². The molecule has 2 rings (SSSR count). The number of aromatic nitrogens is 2. The molecular weight excluding hydrogens is 182 g/mol. The molecule has 0 aliphatic rings. The molecule has 2 aromatic heterocycles. The fourth-order valence-electron chi connectivity index (χ4n) is 1.16. The molecule has 0 amide bonds. The second-order valence-corrected chi connectivity index (χ2v) is 3.62. The lowest BCUT2D eigenvalue weighted by Crippen LogP contribution is -2.02. The molecule has 0 saturated heterocycles. The molecule has 0 bridgehead atoms. The van der Waals surface area contributed by atoms with Crippen LogP contribution in [0.25, 0.3) is 10.7 Å². The Morgan fingerprint density at radius 3 is 3.15 bits per heavy atom. The third-order valence-corrected chi connectivity index (χ3v) is 2.70. The first-order valence-electron chi connectivity index (χ1n) is 4.18. The summed E-state index contributed by atoms with van der Waals surface area (Å²) in [5.41, 5.74) is 7.60. The second kappa shape index (κ2) is 3.72. The maximum Gasteiger partial charge on any atom is 0.139 e. The molecule has 0 atom stereocenters. The van der Waals surface area contributed by atoms with Crippen LogP contribution in [0.4, 0.5) is 0 Å². The van der Waals surface area contributed by atoms with Crippen LogP contribution in [0.1, 0.15) is 5.69 Å². The third kappa shape index (κ3) is 1.79. The van der Waals surface area contributed by atoms with Gasteiger partial charge in [-0.1, -0.05) is 0 Å². The van der Waals surface area contributed by atoms with Crippen molar-refractivity contribution in [2.24, 2.45) is 5.73 Å². The lowest BCUT2D eigenvalue weighted by Gasteiger charge is -1.89. The molecule has 3 nitrogen and oxygen atoms in total. The first-order chi connectivity index (χ1) is 6.40. The highest BCUT2D eigenvalue weighted by Crippen LogP contribution is 2.21. The predicted molar refractivity (Wildman–Crippen MR) is 54.7 cm³/mol. The first kappa shape index (κ1) is 8.47. The van der Waals surface area contributed by atoms with Crippen LogP contribution in [0, 0.1) is 0 Å². The number of nitrogens with zero attached hydrogens (tertiary/aromatic N) is 1. The minimum atomic E-state index is 0.661. The topological polar surface area (TPSA) is 54.7 Å². The highest BCUT2D eigenvalue weighted by Gasteiger charge is 2.03. The average molecular weight is 193 g/mol. The van der Waals surface area contributed by atoms with Gasteiger partial charge in [-0.25, -0.2) is 4.98 Å². The highest BCUT2D eigenvalue weighted by molar-refractivity contribution is 7.13. The van der Waals surface area contributed by atoms with E-state index in [-0.39, 0.29) is 0 Å². The van der Waals surface area contributed by atoms with E-state index in [1.54, 1.807) is 11.3 Å². The normalized spacial score (nSPS) is 10.5. The molecule has 0 radical (unpaired) electrons. The molecule has 3 N–H and O–H groups in total. The zero-order valence-corrected chi connectivity index (χ0v) is 7.97. The van der Waals surface area contributed by atoms with Gasteiger partial charge in [0.25, 0.3) is 0 Å². The van der Waals surface area contributed by atoms with E-state index < -0.39 is 0 Å². The molecular formula is C9H11N3S. The molecule has 2 aromatic rings. The molecule has 0 aromatic carbocycles. The Hall–Kier alpha value is -1.13. The minimum absolute atomic E-state index is 0.661. The summed E-state index contributed by atoms with van der Waals surface area (Å²) in [6, 6.07) is 3.99. The van der Waals surface area contributed by atoms with Crippen LogP contribution in [0.3, 0.4) is 0 Å². The number of nitrogens with one attached hydrogen (secondary N) is 1. The SMILES string of the molecule is NCCc1csc(-c2ccc[nH]2)n1. The van der Waals surface area contributed by atoms with Crippen LogP contribution in [-0.4, -0.2) is 16.5 Å². The Morgan fingerprint density at radius 1 is 1.54 bits per heavy atom. The predicted octanol–water partition coefficient (Wildman–Crippen LogP) is 1.64. The van der Waals surface area contributed by atoms with E-state index >= 15 is 0 Å². The Balaban J connectivity index is 2.23. The Labute approximate surface area is 80.6 Å². The molecule has 68 valence electrons. The van der Waals surface area contributed by atoms with Crippen molar-refractivity contribution in [2.45, 2.75) is 6.42 Å². The van der Waals surface area contributed by atoms with Gasteiger partial charge in [0, 0.05) is 18.0 Å². The van der Waals surface area contributed by atoms with E-state index in [1.807, 2.05) is 18.3 Å². The number of aromatic amines is 1. The Morgan fingerprint density at radius 2 is 2.46 bits per heavy atom. The van der Waals surface area contributed by atoms with Crippen LogP contribution in [0.2, 0.25) is 0 Å². The smallest absolute Gasteiger partial charge is 0.139 e. The lowest BCUT2D eigenvalue weighted by atomic mass is 10.3. The lowest BCUT2D eigenvalue weighted by molar-refractivity contribution is 0.936. The number of nitrogens with two attached hydrogens (primary N) is 1. The highest BCUT2D eigenvalue weighted by atomic mass is 32.1. The Kier molecular flexibility index (Phi) is 2.42. The number of H-pyrrole nitrogens is 1. The zero-order chi connectivity index (χ0) is 9.10. The van der Waals surface area contributed by atoms with Crippen molar-refractivity contribution in [3.63, 3.8) is 0 Å². The second-order valence-electron chi connectivity index (χ2n) is 2.77. The first-order valence-corrected chi connectivity index (χ1v) is 5.06. The number of thiazole rings is 1. The summed E-state index contributed by atoms with van der Waals surface area (Å²) in [7, 11) is 0. The molecule has 13 heavy (non-hydrogen) atoms. The summed E-state index contributed by atoms with van der Waals surface area (Å²) in [6.07, 6.45) is 2.76. The fourth-order valence-corrected chi connectivity index (χ4v) is 2.00. The summed E-state index contributed by atoms with van der Waals surface area (Å²) in [5.74, 6) is 0. The van der Waals surface area contributed by atoms with Gasteiger partial charge < -0.3 is 10.7 Å². The summed E-state index contributed by atoms with van der Waals surface area (Å²) in [4.78, 5) is 7.58. The number of hydrogen-bond acceptors (Lipinski definition) is 3. The van der Waals surface area contributed by atoms with Crippen molar-refractivity contribution in [1.29, 1.82) is 0 Å². The molecule has 2 heterocycles. The minimum Gasteiger partial charge on any atom is -0.359 e. The van der Waals surface area contributed by atoms with Gasteiger partial charge in [-0.15, -0.1) is 11.3 Å². The molecule has 0 aliphatic heterocycles. The summed E-state index contributed by atoms with van der Waals surface area (Å²) in [6.45, 7) is 0.661. The van der Waals surface area contributed by atoms with Crippen molar-refractivity contribution < 1.29 is 0 Å². The van der Waals surface area contributed by atoms with Gasteiger partial charge in [-0.05, 0) is 18.7 Å². The van der Waals surface area contributed by atoms with E-state index in [4.69, 9.17) is 5.73 Å². The zero-order valence-electron chi connectivity index (χ0n) is 7.16. The maximum atomic E-state index is 5.45. The van der Waals surface area contributed by atoms with Gasteiger partial charge in [-0.2, -0.15) is 0 Å². The van der Waals surface area contributed by atoms with E-state index in [0.717, 1.165) is 22.8 Å². The van der Waals surface area contributed by atoms with Gasteiger partial charge in [-0.3, -0.25) is 0 Å². The Bertz CT molecular complexity index is 364. The van der Waals surface area contributed by atoms with Crippen LogP contribution in [0.15, 0.2) is 23.7 Å². The van der Waals surface area contributed by atoms with Crippen molar-refractivity contribution in [1.82, 2.24) is 9.97 Å². The summed E-state index contributed by atoms with van der Waals surface area (Å²) < 4.78 is 0. The summed E-state index contributed by atoms with van der Waals surface area (Å²) >= 11 is 1.65. The van der Waals surface area contributed by atoms with Crippen molar-refractivity contribution in [3.05, 3.63) is 29.4 Å².